The Morgan fingerprint density at radius 1 is 1.10 bits per heavy atom. The summed E-state index contributed by atoms with van der Waals surface area (Å²) in [4.78, 5) is 43.7. The average Bonchev–Trinajstić information content (AvgIpc) is 2.24. The molecule has 1 amide bonds. The fourth-order valence-electron chi connectivity index (χ4n) is 0.666. The van der Waals surface area contributed by atoms with Crippen LogP contribution in [0.5, 0.6) is 0 Å². The number of rotatable bonds is 4. The molecule has 0 aliphatic heterocycles. The van der Waals surface area contributed by atoms with Crippen LogP contribution in [0.2, 0.25) is 0 Å². The van der Waals surface area contributed by atoms with E-state index in [-0.39, 0.29) is 11.9 Å². The standard InChI is InChI=1S/C11H20N2O4.CO2/c1-7(8(12)14)13-17-11(5,6)9(15)16-10(2,3)4;2-1-3/h1-6H3,(H2,12,14);/b13-7+;. The molecule has 8 nitrogen and oxygen atoms in total. The van der Waals surface area contributed by atoms with Gasteiger partial charge in [0, 0.05) is 0 Å². The van der Waals surface area contributed by atoms with Gasteiger partial charge in [0.1, 0.15) is 11.3 Å². The molecule has 0 aromatic rings. The Kier molecular flexibility index (Phi) is 8.11. The van der Waals surface area contributed by atoms with Gasteiger partial charge in [-0.3, -0.25) is 4.79 Å². The van der Waals surface area contributed by atoms with Crippen LogP contribution in [-0.2, 0) is 28.8 Å². The van der Waals surface area contributed by atoms with Gasteiger partial charge in [0.25, 0.3) is 5.91 Å². The van der Waals surface area contributed by atoms with E-state index in [1.807, 2.05) is 0 Å². The van der Waals surface area contributed by atoms with E-state index in [2.05, 4.69) is 5.16 Å². The largest absolute Gasteiger partial charge is 0.457 e. The quantitative estimate of drug-likeness (QED) is 0.453. The molecule has 0 aromatic heterocycles. The topological polar surface area (TPSA) is 125 Å². The SMILES string of the molecule is C/C(=N\OC(C)(C)C(=O)OC(C)(C)C)C(N)=O.O=C=O. The third-order valence-electron chi connectivity index (χ3n) is 1.66. The van der Waals surface area contributed by atoms with Crippen molar-refractivity contribution in [2.24, 2.45) is 10.9 Å². The van der Waals surface area contributed by atoms with Gasteiger partial charge in [-0.05, 0) is 41.5 Å². The van der Waals surface area contributed by atoms with Crippen molar-refractivity contribution in [2.45, 2.75) is 52.7 Å². The summed E-state index contributed by atoms with van der Waals surface area (Å²) in [6.07, 6.45) is 0.250. The van der Waals surface area contributed by atoms with Gasteiger partial charge in [0.05, 0.1) is 0 Å². The first-order chi connectivity index (χ1) is 8.87. The van der Waals surface area contributed by atoms with Crippen LogP contribution < -0.4 is 5.73 Å². The first-order valence-corrected chi connectivity index (χ1v) is 5.62. The van der Waals surface area contributed by atoms with E-state index in [1.165, 1.54) is 20.8 Å². The van der Waals surface area contributed by atoms with Crippen molar-refractivity contribution in [3.63, 3.8) is 0 Å². The van der Waals surface area contributed by atoms with Crippen molar-refractivity contribution >= 4 is 23.7 Å². The second-order valence-corrected chi connectivity index (χ2v) is 5.23. The van der Waals surface area contributed by atoms with Crippen LogP contribution in [0.3, 0.4) is 0 Å². The molecule has 0 bridgehead atoms. The zero-order chi connectivity index (χ0) is 16.6. The number of esters is 1. The summed E-state index contributed by atoms with van der Waals surface area (Å²) in [5, 5.41) is 3.49. The highest BCUT2D eigenvalue weighted by Crippen LogP contribution is 2.17. The highest BCUT2D eigenvalue weighted by Gasteiger charge is 2.35. The smallest absolute Gasteiger partial charge is 0.373 e. The number of nitrogens with zero attached hydrogens (tertiary/aromatic N) is 1. The highest BCUT2D eigenvalue weighted by molar-refractivity contribution is 6.37. The molecule has 20 heavy (non-hydrogen) atoms. The molecule has 0 aliphatic rings. The lowest BCUT2D eigenvalue weighted by atomic mass is 10.1. The van der Waals surface area contributed by atoms with E-state index < -0.39 is 23.1 Å². The lowest BCUT2D eigenvalue weighted by Gasteiger charge is -2.26. The van der Waals surface area contributed by atoms with Crippen LogP contribution in [-0.4, -0.2) is 34.9 Å². The fourth-order valence-corrected chi connectivity index (χ4v) is 0.666. The van der Waals surface area contributed by atoms with Crippen LogP contribution in [0.4, 0.5) is 0 Å². The predicted octanol–water partition coefficient (Wildman–Crippen LogP) is 0.401. The first kappa shape index (κ1) is 20.1. The lowest BCUT2D eigenvalue weighted by molar-refractivity contribution is -0.191. The Labute approximate surface area is 117 Å². The van der Waals surface area contributed by atoms with Gasteiger partial charge in [-0.2, -0.15) is 9.59 Å². The number of oxime groups is 1. The third-order valence-corrected chi connectivity index (χ3v) is 1.66. The molecule has 2 N–H and O–H groups in total. The van der Waals surface area contributed by atoms with Crippen LogP contribution in [0, 0.1) is 0 Å². The molecule has 0 heterocycles. The third kappa shape index (κ3) is 9.78. The number of carbonyl (C=O) groups excluding carboxylic acids is 4. The monoisotopic (exact) mass is 288 g/mol. The summed E-state index contributed by atoms with van der Waals surface area (Å²) in [6, 6.07) is 0. The van der Waals surface area contributed by atoms with Crippen molar-refractivity contribution < 1.29 is 28.8 Å². The Balaban J connectivity index is 0. The normalized spacial score (nSPS) is 11.6. The van der Waals surface area contributed by atoms with Crippen LogP contribution in [0.15, 0.2) is 5.16 Å². The van der Waals surface area contributed by atoms with Gasteiger partial charge in [-0.15, -0.1) is 0 Å². The molecule has 0 rings (SSSR count). The molecule has 0 radical (unpaired) electrons. The van der Waals surface area contributed by atoms with Crippen LogP contribution >= 0.6 is 0 Å². The van der Waals surface area contributed by atoms with E-state index in [0.717, 1.165) is 0 Å². The summed E-state index contributed by atoms with van der Waals surface area (Å²) in [5.74, 6) is -1.27. The maximum Gasteiger partial charge on any atom is 0.373 e. The van der Waals surface area contributed by atoms with Crippen molar-refractivity contribution in [3.8, 4) is 0 Å². The molecule has 0 spiro atoms. The number of nitrogens with two attached hydrogens (primary N) is 1. The molecule has 114 valence electrons. The maximum atomic E-state index is 11.7. The Morgan fingerprint density at radius 3 is 1.80 bits per heavy atom. The zero-order valence-corrected chi connectivity index (χ0v) is 12.5. The van der Waals surface area contributed by atoms with E-state index in [0.29, 0.717) is 0 Å². The van der Waals surface area contributed by atoms with E-state index in [1.54, 1.807) is 20.8 Å². The number of carbonyl (C=O) groups is 2. The number of hydrogen-bond acceptors (Lipinski definition) is 7. The molecule has 0 saturated heterocycles. The van der Waals surface area contributed by atoms with Gasteiger partial charge in [0.15, 0.2) is 0 Å². The molecule has 0 aliphatic carbocycles. The molecule has 8 heteroatoms. The number of hydrogen-bond donors (Lipinski definition) is 1. The first-order valence-electron chi connectivity index (χ1n) is 5.62. The van der Waals surface area contributed by atoms with Crippen LogP contribution in [0.25, 0.3) is 0 Å². The predicted molar refractivity (Wildman–Crippen MR) is 68.3 cm³/mol. The zero-order valence-electron chi connectivity index (χ0n) is 12.5. The Bertz CT molecular complexity index is 414. The fraction of sp³-hybridized carbons (Fsp3) is 0.667. The molecule has 0 fully saturated rings. The summed E-state index contributed by atoms with van der Waals surface area (Å²) in [6.45, 7) is 9.64. The minimum atomic E-state index is -1.27. The van der Waals surface area contributed by atoms with E-state index in [4.69, 9.17) is 24.9 Å². The van der Waals surface area contributed by atoms with Crippen molar-refractivity contribution in [2.75, 3.05) is 0 Å². The maximum absolute atomic E-state index is 11.7. The molecular formula is C12H20N2O6. The minimum absolute atomic E-state index is 0.0124. The Morgan fingerprint density at radius 2 is 1.50 bits per heavy atom. The summed E-state index contributed by atoms with van der Waals surface area (Å²) in [7, 11) is 0. The van der Waals surface area contributed by atoms with Gasteiger partial charge >= 0.3 is 12.1 Å². The molecule has 0 saturated carbocycles. The van der Waals surface area contributed by atoms with Crippen molar-refractivity contribution in [1.29, 1.82) is 0 Å². The second-order valence-electron chi connectivity index (χ2n) is 5.23. The molecule has 0 aromatic carbocycles. The number of amides is 1. The van der Waals surface area contributed by atoms with Gasteiger partial charge in [-0.1, -0.05) is 5.16 Å². The highest BCUT2D eigenvalue weighted by atomic mass is 16.7. The number of primary amides is 1. The van der Waals surface area contributed by atoms with Gasteiger partial charge in [-0.25, -0.2) is 4.79 Å². The Hall–Kier alpha value is -2.21. The average molecular weight is 288 g/mol. The second kappa shape index (κ2) is 8.06. The molecule has 0 unspecified atom stereocenters. The van der Waals surface area contributed by atoms with Crippen LogP contribution in [0.1, 0.15) is 41.5 Å². The summed E-state index contributed by atoms with van der Waals surface area (Å²) >= 11 is 0. The van der Waals surface area contributed by atoms with Gasteiger partial charge in [0.2, 0.25) is 5.60 Å². The van der Waals surface area contributed by atoms with E-state index in [9.17, 15) is 9.59 Å². The number of ether oxygens (including phenoxy) is 1. The molecule has 0 atom stereocenters. The summed E-state index contributed by atoms with van der Waals surface area (Å²) < 4.78 is 5.15. The molecular weight excluding hydrogens is 268 g/mol. The van der Waals surface area contributed by atoms with Crippen molar-refractivity contribution in [1.82, 2.24) is 0 Å². The lowest BCUT2D eigenvalue weighted by Crippen LogP contribution is -2.40. The van der Waals surface area contributed by atoms with Crippen molar-refractivity contribution in [3.05, 3.63) is 0 Å². The minimum Gasteiger partial charge on any atom is -0.457 e. The summed E-state index contributed by atoms with van der Waals surface area (Å²) in [5.41, 5.74) is 3.08. The van der Waals surface area contributed by atoms with E-state index >= 15 is 0 Å². The van der Waals surface area contributed by atoms with Gasteiger partial charge < -0.3 is 15.3 Å².